The minimum absolute atomic E-state index is 0.0415. The fraction of sp³-hybridized carbons (Fsp3) is 0.375. The first-order valence-electron chi connectivity index (χ1n) is 7.53. The average Bonchev–Trinajstić information content (AvgIpc) is 2.97. The minimum Gasteiger partial charge on any atom is -0.419 e. The third kappa shape index (κ3) is 4.30. The Morgan fingerprint density at radius 2 is 2.21 bits per heavy atom. The second-order valence-corrected chi connectivity index (χ2v) is 5.28. The zero-order valence-corrected chi connectivity index (χ0v) is 13.5. The summed E-state index contributed by atoms with van der Waals surface area (Å²) in [6.07, 6.45) is 0.889. The normalized spacial score (nSPS) is 10.6. The number of nitrogens with zero attached hydrogens (tertiary/aromatic N) is 3. The number of nitro groups is 1. The van der Waals surface area contributed by atoms with Gasteiger partial charge in [-0.2, -0.15) is 10.2 Å². The molecule has 2 aromatic rings. The number of benzene rings is 1. The molecular formula is C16H18N4O4. The van der Waals surface area contributed by atoms with Gasteiger partial charge in [0.1, 0.15) is 11.6 Å². The minimum atomic E-state index is -0.512. The molecule has 8 heteroatoms. The molecular weight excluding hydrogens is 312 g/mol. The molecule has 0 aliphatic heterocycles. The van der Waals surface area contributed by atoms with Crippen molar-refractivity contribution in [1.29, 1.82) is 5.26 Å². The zero-order valence-electron chi connectivity index (χ0n) is 13.5. The van der Waals surface area contributed by atoms with Gasteiger partial charge < -0.3 is 14.5 Å². The van der Waals surface area contributed by atoms with E-state index in [0.29, 0.717) is 13.2 Å². The molecule has 0 aliphatic rings. The topological polar surface area (TPSA) is 114 Å². The average molecular weight is 330 g/mol. The van der Waals surface area contributed by atoms with Crippen molar-refractivity contribution in [1.82, 2.24) is 4.98 Å². The van der Waals surface area contributed by atoms with E-state index in [4.69, 9.17) is 14.4 Å². The monoisotopic (exact) mass is 330 g/mol. The summed E-state index contributed by atoms with van der Waals surface area (Å²) in [5.74, 6) is 0.245. The van der Waals surface area contributed by atoms with Crippen LogP contribution < -0.4 is 5.32 Å². The zero-order chi connectivity index (χ0) is 17.5. The molecule has 8 nitrogen and oxygen atoms in total. The fourth-order valence-corrected chi connectivity index (χ4v) is 2.04. The molecule has 0 saturated carbocycles. The lowest BCUT2D eigenvalue weighted by atomic mass is 10.2. The molecule has 1 heterocycles. The number of ether oxygens (including phenoxy) is 1. The van der Waals surface area contributed by atoms with E-state index < -0.39 is 4.92 Å². The molecule has 0 amide bonds. The summed E-state index contributed by atoms with van der Waals surface area (Å²) in [6, 6.07) is 8.03. The lowest BCUT2D eigenvalue weighted by Gasteiger charge is -2.07. The van der Waals surface area contributed by atoms with Gasteiger partial charge in [0, 0.05) is 19.2 Å². The van der Waals surface area contributed by atoms with E-state index in [9.17, 15) is 10.1 Å². The smallest absolute Gasteiger partial charge is 0.282 e. The van der Waals surface area contributed by atoms with Gasteiger partial charge >= 0.3 is 0 Å². The largest absolute Gasteiger partial charge is 0.419 e. The van der Waals surface area contributed by atoms with Crippen LogP contribution in [0.2, 0.25) is 0 Å². The molecule has 126 valence electrons. The van der Waals surface area contributed by atoms with Crippen LogP contribution in [0.5, 0.6) is 0 Å². The first-order valence-corrected chi connectivity index (χ1v) is 7.53. The Kier molecular flexibility index (Phi) is 5.87. The molecule has 0 fully saturated rings. The summed E-state index contributed by atoms with van der Waals surface area (Å²) in [5, 5.41) is 23.2. The molecule has 0 radical (unpaired) electrons. The first kappa shape index (κ1) is 17.4. The maximum Gasteiger partial charge on any atom is 0.282 e. The quantitative estimate of drug-likeness (QED) is 0.448. The highest BCUT2D eigenvalue weighted by atomic mass is 16.6. The van der Waals surface area contributed by atoms with Crippen molar-refractivity contribution in [3.05, 3.63) is 40.1 Å². The number of hydrogen-bond acceptors (Lipinski definition) is 7. The molecule has 0 saturated heterocycles. The molecule has 24 heavy (non-hydrogen) atoms. The van der Waals surface area contributed by atoms with Gasteiger partial charge in [-0.15, -0.1) is 0 Å². The van der Waals surface area contributed by atoms with Crippen LogP contribution in [0.25, 0.3) is 11.5 Å². The van der Waals surface area contributed by atoms with Gasteiger partial charge in [-0.1, -0.05) is 12.1 Å². The lowest BCUT2D eigenvalue weighted by molar-refractivity contribution is -0.384. The van der Waals surface area contributed by atoms with Gasteiger partial charge in [0.05, 0.1) is 11.0 Å². The Hall–Kier alpha value is -2.92. The van der Waals surface area contributed by atoms with Gasteiger partial charge in [-0.25, -0.2) is 0 Å². The van der Waals surface area contributed by atoms with Gasteiger partial charge in [0.15, 0.2) is 0 Å². The second-order valence-electron chi connectivity index (χ2n) is 5.28. The van der Waals surface area contributed by atoms with Crippen molar-refractivity contribution in [2.75, 3.05) is 18.5 Å². The van der Waals surface area contributed by atoms with Crippen molar-refractivity contribution >= 4 is 11.6 Å². The van der Waals surface area contributed by atoms with Crippen molar-refractivity contribution in [3.8, 4) is 17.5 Å². The highest BCUT2D eigenvalue weighted by molar-refractivity contribution is 5.68. The van der Waals surface area contributed by atoms with E-state index in [0.717, 1.165) is 6.42 Å². The predicted molar refractivity (Wildman–Crippen MR) is 87.5 cm³/mol. The summed E-state index contributed by atoms with van der Waals surface area (Å²) >= 11 is 0. The Bertz CT molecular complexity index is 749. The van der Waals surface area contributed by atoms with E-state index in [-0.39, 0.29) is 34.8 Å². The number of aromatic nitrogens is 1. The number of nitrogens with one attached hydrogen (secondary N) is 1. The number of rotatable bonds is 8. The van der Waals surface area contributed by atoms with Crippen molar-refractivity contribution in [2.24, 2.45) is 0 Å². The van der Waals surface area contributed by atoms with Crippen molar-refractivity contribution < 1.29 is 14.1 Å². The van der Waals surface area contributed by atoms with Crippen LogP contribution in [-0.2, 0) is 4.74 Å². The Morgan fingerprint density at radius 3 is 2.88 bits per heavy atom. The Balaban J connectivity index is 2.13. The SMILES string of the molecule is CC(C)OCCCNc1oc(-c2ccccc2[N+](=O)[O-])nc1C#N. The van der Waals surface area contributed by atoms with Crippen LogP contribution in [0.15, 0.2) is 28.7 Å². The Morgan fingerprint density at radius 1 is 1.46 bits per heavy atom. The van der Waals surface area contributed by atoms with Crippen molar-refractivity contribution in [2.45, 2.75) is 26.4 Å². The van der Waals surface area contributed by atoms with Crippen LogP contribution >= 0.6 is 0 Å². The van der Waals surface area contributed by atoms with Crippen LogP contribution in [-0.4, -0.2) is 29.2 Å². The fourth-order valence-electron chi connectivity index (χ4n) is 2.04. The molecule has 0 atom stereocenters. The van der Waals surface area contributed by atoms with Crippen LogP contribution in [0.1, 0.15) is 26.0 Å². The summed E-state index contributed by atoms with van der Waals surface area (Å²) in [7, 11) is 0. The van der Waals surface area contributed by atoms with Crippen LogP contribution in [0.3, 0.4) is 0 Å². The van der Waals surface area contributed by atoms with E-state index in [1.54, 1.807) is 12.1 Å². The summed E-state index contributed by atoms with van der Waals surface area (Å²) < 4.78 is 10.9. The van der Waals surface area contributed by atoms with Gasteiger partial charge in [0.2, 0.25) is 17.5 Å². The highest BCUT2D eigenvalue weighted by Gasteiger charge is 2.21. The molecule has 1 aromatic carbocycles. The molecule has 0 bridgehead atoms. The van der Waals surface area contributed by atoms with Crippen LogP contribution in [0, 0.1) is 21.4 Å². The van der Waals surface area contributed by atoms with Crippen molar-refractivity contribution in [3.63, 3.8) is 0 Å². The maximum atomic E-state index is 11.1. The molecule has 0 aliphatic carbocycles. The number of hydrogen-bond donors (Lipinski definition) is 1. The number of nitro benzene ring substituents is 1. The summed E-state index contributed by atoms with van der Waals surface area (Å²) in [6.45, 7) is 5.03. The third-order valence-electron chi connectivity index (χ3n) is 3.12. The van der Waals surface area contributed by atoms with Gasteiger partial charge in [0.25, 0.3) is 5.69 Å². The summed E-state index contributed by atoms with van der Waals surface area (Å²) in [4.78, 5) is 14.6. The standard InChI is InChI=1S/C16H18N4O4/c1-11(2)23-9-5-8-18-16-13(10-17)19-15(24-16)12-6-3-4-7-14(12)20(21)22/h3-4,6-7,11,18H,5,8-9H2,1-2H3. The maximum absolute atomic E-state index is 11.1. The van der Waals surface area contributed by atoms with Crippen LogP contribution in [0.4, 0.5) is 11.6 Å². The van der Waals surface area contributed by atoms with E-state index >= 15 is 0 Å². The predicted octanol–water partition coefficient (Wildman–Crippen LogP) is 3.35. The van der Waals surface area contributed by atoms with Gasteiger partial charge in [-0.05, 0) is 26.3 Å². The van der Waals surface area contributed by atoms with E-state index in [1.807, 2.05) is 19.9 Å². The van der Waals surface area contributed by atoms with Gasteiger partial charge in [-0.3, -0.25) is 10.1 Å². The Labute approximate surface area is 139 Å². The molecule has 0 spiro atoms. The molecule has 0 unspecified atom stereocenters. The number of para-hydroxylation sites is 1. The lowest BCUT2D eigenvalue weighted by Crippen LogP contribution is -2.09. The van der Waals surface area contributed by atoms with E-state index in [1.165, 1.54) is 12.1 Å². The third-order valence-corrected chi connectivity index (χ3v) is 3.12. The molecule has 1 aromatic heterocycles. The molecule has 2 rings (SSSR count). The number of nitriles is 1. The van der Waals surface area contributed by atoms with E-state index in [2.05, 4.69) is 10.3 Å². The summed E-state index contributed by atoms with van der Waals surface area (Å²) in [5.41, 5.74) is 0.170. The second kappa shape index (κ2) is 8.08. The highest BCUT2D eigenvalue weighted by Crippen LogP contribution is 2.31. The molecule has 1 N–H and O–H groups in total. The number of oxazole rings is 1. The first-order chi connectivity index (χ1) is 11.5. The number of anilines is 1.